The predicted molar refractivity (Wildman–Crippen MR) is 141 cm³/mol. The van der Waals surface area contributed by atoms with Gasteiger partial charge in [0, 0.05) is 36.5 Å². The minimum absolute atomic E-state index is 0.0293. The van der Waals surface area contributed by atoms with Gasteiger partial charge >= 0.3 is 5.63 Å². The highest BCUT2D eigenvalue weighted by Crippen LogP contribution is 2.48. The van der Waals surface area contributed by atoms with Gasteiger partial charge in [-0.05, 0) is 61.1 Å². The zero-order valence-electron chi connectivity index (χ0n) is 20.7. The molecule has 2 aliphatic carbocycles. The van der Waals surface area contributed by atoms with E-state index in [9.17, 15) is 18.3 Å². The van der Waals surface area contributed by atoms with Gasteiger partial charge in [-0.15, -0.1) is 0 Å². The lowest BCUT2D eigenvalue weighted by Gasteiger charge is -2.30. The highest BCUT2D eigenvalue weighted by Gasteiger charge is 2.38. The van der Waals surface area contributed by atoms with Crippen LogP contribution in [0, 0.1) is 11.3 Å². The van der Waals surface area contributed by atoms with Crippen LogP contribution in [0.1, 0.15) is 61.8 Å². The first-order valence-electron chi connectivity index (χ1n) is 12.6. The van der Waals surface area contributed by atoms with Crippen LogP contribution in [0.3, 0.4) is 0 Å². The summed E-state index contributed by atoms with van der Waals surface area (Å²) in [6.45, 7) is 2.16. The third-order valence-corrected chi connectivity index (χ3v) is 8.68. The van der Waals surface area contributed by atoms with Gasteiger partial charge in [-0.1, -0.05) is 43.4 Å². The third kappa shape index (κ3) is 5.41. The van der Waals surface area contributed by atoms with Crippen molar-refractivity contribution >= 4 is 15.7 Å². The molecule has 9 heteroatoms. The summed E-state index contributed by atoms with van der Waals surface area (Å²) in [5.41, 5.74) is 0.795. The Morgan fingerprint density at radius 2 is 2.11 bits per heavy atom. The first-order chi connectivity index (χ1) is 17.8. The van der Waals surface area contributed by atoms with Crippen molar-refractivity contribution in [1.29, 1.82) is 0 Å². The van der Waals surface area contributed by atoms with Gasteiger partial charge in [-0.25, -0.2) is 9.78 Å². The van der Waals surface area contributed by atoms with Crippen molar-refractivity contribution in [2.45, 2.75) is 56.5 Å². The highest BCUT2D eigenvalue weighted by molar-refractivity contribution is 7.92. The van der Waals surface area contributed by atoms with Crippen LogP contribution in [0.2, 0.25) is 0 Å². The Hall–Kier alpha value is -3.59. The lowest BCUT2D eigenvalue weighted by atomic mass is 9.75. The van der Waals surface area contributed by atoms with E-state index in [1.165, 1.54) is 12.4 Å². The number of aromatic hydroxyl groups is 1. The van der Waals surface area contributed by atoms with Crippen molar-refractivity contribution < 1.29 is 17.9 Å². The molecule has 0 radical (unpaired) electrons. The molecule has 37 heavy (non-hydrogen) atoms. The number of rotatable bonds is 10. The Kier molecular flexibility index (Phi) is 6.81. The van der Waals surface area contributed by atoms with Crippen LogP contribution in [0.15, 0.2) is 81.4 Å². The van der Waals surface area contributed by atoms with Crippen molar-refractivity contribution in [3.05, 3.63) is 94.3 Å². The molecule has 2 aliphatic rings. The average Bonchev–Trinajstić information content (AvgIpc) is 3.55. The molecule has 1 fully saturated rings. The first kappa shape index (κ1) is 25.1. The van der Waals surface area contributed by atoms with Crippen LogP contribution in [0.4, 0.5) is 5.69 Å². The number of imidazole rings is 1. The molecule has 3 N–H and O–H groups in total. The fraction of sp³-hybridized carbons (Fsp3) is 0.357. The number of allylic oxidation sites excluding steroid dienone is 4. The second kappa shape index (κ2) is 10.0. The van der Waals surface area contributed by atoms with Crippen LogP contribution >= 0.6 is 0 Å². The molecule has 5 rings (SSSR count). The number of nitrogens with zero attached hydrogens (tertiary/aromatic N) is 1. The second-order valence-corrected chi connectivity index (χ2v) is 11.5. The van der Waals surface area contributed by atoms with Crippen molar-refractivity contribution in [1.82, 2.24) is 9.97 Å². The number of hydrogen-bond acceptors (Lipinski definition) is 6. The van der Waals surface area contributed by atoms with E-state index in [1.54, 1.807) is 24.3 Å². The SMILES string of the molecule is CC[C@]1(CCc2cc(O)c(C(c3cccc(NS(=O)(=O)c4ncc[nH]4)c3)C3CC3)c(=O)o2)C=CC=CC1. The number of H-pyrrole nitrogens is 1. The molecule has 3 aromatic rings. The second-order valence-electron chi connectivity index (χ2n) is 9.95. The number of anilines is 1. The van der Waals surface area contributed by atoms with E-state index in [4.69, 9.17) is 4.42 Å². The van der Waals surface area contributed by atoms with E-state index in [0.717, 1.165) is 37.7 Å². The van der Waals surface area contributed by atoms with Crippen molar-refractivity contribution in [2.24, 2.45) is 11.3 Å². The molecule has 2 atom stereocenters. The lowest BCUT2D eigenvalue weighted by molar-refractivity contribution is 0.318. The third-order valence-electron chi connectivity index (χ3n) is 7.44. The Morgan fingerprint density at radius 1 is 1.27 bits per heavy atom. The van der Waals surface area contributed by atoms with Crippen LogP contribution in [0.5, 0.6) is 5.75 Å². The number of aromatic nitrogens is 2. The minimum atomic E-state index is -3.88. The first-order valence-corrected chi connectivity index (χ1v) is 14.1. The zero-order valence-corrected chi connectivity index (χ0v) is 21.5. The van der Waals surface area contributed by atoms with Crippen LogP contribution < -0.4 is 10.3 Å². The van der Waals surface area contributed by atoms with Gasteiger partial charge in [-0.2, -0.15) is 8.42 Å². The summed E-state index contributed by atoms with van der Waals surface area (Å²) >= 11 is 0. The fourth-order valence-electron chi connectivity index (χ4n) is 5.15. The predicted octanol–water partition coefficient (Wildman–Crippen LogP) is 5.26. The fourth-order valence-corrected chi connectivity index (χ4v) is 6.11. The average molecular weight is 522 g/mol. The quantitative estimate of drug-likeness (QED) is 0.334. The molecule has 0 spiro atoms. The number of aryl methyl sites for hydroxylation is 1. The molecule has 0 saturated heterocycles. The summed E-state index contributed by atoms with van der Waals surface area (Å²) in [7, 11) is -3.88. The summed E-state index contributed by atoms with van der Waals surface area (Å²) < 4.78 is 33.5. The highest BCUT2D eigenvalue weighted by atomic mass is 32.2. The maximum Gasteiger partial charge on any atom is 0.343 e. The van der Waals surface area contributed by atoms with E-state index < -0.39 is 21.6 Å². The van der Waals surface area contributed by atoms with Crippen LogP contribution in [-0.2, 0) is 16.4 Å². The molecule has 0 amide bonds. The van der Waals surface area contributed by atoms with E-state index in [1.807, 2.05) is 12.1 Å². The van der Waals surface area contributed by atoms with Crippen molar-refractivity contribution in [2.75, 3.05) is 4.72 Å². The van der Waals surface area contributed by atoms with Gasteiger partial charge < -0.3 is 14.5 Å². The Labute approximate surface area is 216 Å². The number of benzene rings is 1. The number of hydrogen-bond donors (Lipinski definition) is 3. The largest absolute Gasteiger partial charge is 0.507 e. The molecule has 1 aromatic carbocycles. The zero-order chi connectivity index (χ0) is 26.0. The molecule has 0 bridgehead atoms. The van der Waals surface area contributed by atoms with E-state index in [-0.39, 0.29) is 27.8 Å². The smallest absolute Gasteiger partial charge is 0.343 e. The summed E-state index contributed by atoms with van der Waals surface area (Å²) in [6, 6.07) is 8.48. The van der Waals surface area contributed by atoms with E-state index in [2.05, 4.69) is 39.8 Å². The number of aromatic amines is 1. The van der Waals surface area contributed by atoms with E-state index >= 15 is 0 Å². The van der Waals surface area contributed by atoms with Gasteiger partial charge in [0.05, 0.1) is 5.56 Å². The maximum atomic E-state index is 13.2. The lowest BCUT2D eigenvalue weighted by Crippen LogP contribution is -2.20. The Morgan fingerprint density at radius 3 is 2.76 bits per heavy atom. The summed E-state index contributed by atoms with van der Waals surface area (Å²) in [6.07, 6.45) is 16.4. The Balaban J connectivity index is 1.41. The molecule has 8 nitrogen and oxygen atoms in total. The normalized spacial score (nSPS) is 20.1. The molecule has 1 unspecified atom stereocenters. The van der Waals surface area contributed by atoms with Gasteiger partial charge in [-0.3, -0.25) is 4.72 Å². The van der Waals surface area contributed by atoms with Gasteiger partial charge in [0.1, 0.15) is 11.5 Å². The molecule has 2 aromatic heterocycles. The van der Waals surface area contributed by atoms with Crippen molar-refractivity contribution in [3.8, 4) is 5.75 Å². The minimum Gasteiger partial charge on any atom is -0.507 e. The molecule has 2 heterocycles. The molecular weight excluding hydrogens is 490 g/mol. The summed E-state index contributed by atoms with van der Waals surface area (Å²) in [5, 5.41) is 10.8. The van der Waals surface area contributed by atoms with Gasteiger partial charge in [0.25, 0.3) is 10.0 Å². The van der Waals surface area contributed by atoms with Crippen molar-refractivity contribution in [3.63, 3.8) is 0 Å². The Bertz CT molecular complexity index is 1490. The summed E-state index contributed by atoms with van der Waals surface area (Å²) in [5.74, 6) is 0.164. The summed E-state index contributed by atoms with van der Waals surface area (Å²) in [4.78, 5) is 19.6. The molecular formula is C28H31N3O5S. The number of nitrogens with one attached hydrogen (secondary N) is 2. The monoisotopic (exact) mass is 521 g/mol. The van der Waals surface area contributed by atoms with Gasteiger partial charge in [0.15, 0.2) is 0 Å². The topological polar surface area (TPSA) is 125 Å². The standard InChI is InChI=1S/C28H31N3O5S/c1-2-28(12-4-3-5-13-28)14-11-22-18-23(32)25(26(33)36-22)24(19-9-10-19)20-7-6-8-21(17-20)31-37(34,35)27-29-15-16-30-27/h3-8,12,15-19,24,31-32H,2,9-11,13-14H2,1H3,(H,29,30)/t24?,28-/m0/s1. The molecule has 0 aliphatic heterocycles. The molecule has 194 valence electrons. The van der Waals surface area contributed by atoms with E-state index in [0.29, 0.717) is 17.9 Å². The van der Waals surface area contributed by atoms with Crippen LogP contribution in [-0.4, -0.2) is 23.5 Å². The van der Waals surface area contributed by atoms with Crippen LogP contribution in [0.25, 0.3) is 0 Å². The van der Waals surface area contributed by atoms with Gasteiger partial charge in [0.2, 0.25) is 5.16 Å². The maximum absolute atomic E-state index is 13.2. The number of sulfonamides is 1. The molecule has 1 saturated carbocycles.